The second-order valence-corrected chi connectivity index (χ2v) is 9.43. The molecule has 10 nitrogen and oxygen atoms in total. The number of esters is 1. The molecule has 0 saturated heterocycles. The van der Waals surface area contributed by atoms with Gasteiger partial charge in [0.2, 0.25) is 11.8 Å². The number of hydrogen-bond donors (Lipinski definition) is 1. The zero-order valence-electron chi connectivity index (χ0n) is 22.3. The van der Waals surface area contributed by atoms with Gasteiger partial charge in [-0.15, -0.1) is 5.10 Å². The monoisotopic (exact) mass is 528 g/mol. The number of pyridine rings is 1. The molecule has 2 amide bonds. The first-order valence-electron chi connectivity index (χ1n) is 12.9. The molecular formula is C29H32N6O4. The Kier molecular flexibility index (Phi) is 8.98. The van der Waals surface area contributed by atoms with Crippen LogP contribution in [0.1, 0.15) is 49.2 Å². The van der Waals surface area contributed by atoms with Gasteiger partial charge in [-0.1, -0.05) is 37.3 Å². The second kappa shape index (κ2) is 12.8. The van der Waals surface area contributed by atoms with Crippen molar-refractivity contribution in [3.8, 4) is 0 Å². The predicted octanol–water partition coefficient (Wildman–Crippen LogP) is 3.94. The Bertz CT molecular complexity index is 1420. The van der Waals surface area contributed by atoms with Crippen LogP contribution < -0.4 is 10.2 Å². The highest BCUT2D eigenvalue weighted by Gasteiger charge is 2.33. The number of rotatable bonds is 11. The minimum atomic E-state index is -1.01. The van der Waals surface area contributed by atoms with Crippen molar-refractivity contribution in [2.45, 2.75) is 39.8 Å². The minimum Gasteiger partial charge on any atom is -0.462 e. The molecule has 1 N–H and O–H groups in total. The van der Waals surface area contributed by atoms with Crippen LogP contribution in [0.25, 0.3) is 11.0 Å². The summed E-state index contributed by atoms with van der Waals surface area (Å²) in [5, 5.41) is 11.3. The summed E-state index contributed by atoms with van der Waals surface area (Å²) in [6.07, 6.45) is 3.97. The van der Waals surface area contributed by atoms with Gasteiger partial charge in [0, 0.05) is 30.2 Å². The van der Waals surface area contributed by atoms with Crippen molar-refractivity contribution >= 4 is 34.5 Å². The summed E-state index contributed by atoms with van der Waals surface area (Å²) in [6, 6.07) is 16.2. The summed E-state index contributed by atoms with van der Waals surface area (Å²) < 4.78 is 6.60. The molecule has 39 heavy (non-hydrogen) atoms. The Hall–Kier alpha value is -4.60. The average Bonchev–Trinajstić information content (AvgIpc) is 3.34. The summed E-state index contributed by atoms with van der Waals surface area (Å²) in [5.41, 5.74) is 2.68. The van der Waals surface area contributed by atoms with Crippen molar-refractivity contribution in [3.63, 3.8) is 0 Å². The minimum absolute atomic E-state index is 0.157. The van der Waals surface area contributed by atoms with Crippen molar-refractivity contribution in [2.24, 2.45) is 5.92 Å². The number of aromatic nitrogens is 4. The molecule has 0 bridgehead atoms. The van der Waals surface area contributed by atoms with Gasteiger partial charge in [0.05, 0.1) is 17.7 Å². The summed E-state index contributed by atoms with van der Waals surface area (Å²) in [5.74, 6) is -0.792. The van der Waals surface area contributed by atoms with Crippen LogP contribution in [0.15, 0.2) is 73.1 Å². The van der Waals surface area contributed by atoms with Gasteiger partial charge in [0.1, 0.15) is 18.1 Å². The third-order valence-electron chi connectivity index (χ3n) is 6.16. The second-order valence-electron chi connectivity index (χ2n) is 9.43. The van der Waals surface area contributed by atoms with Gasteiger partial charge < -0.3 is 10.1 Å². The number of hydrogen-bond acceptors (Lipinski definition) is 7. The van der Waals surface area contributed by atoms with Crippen molar-refractivity contribution in [3.05, 3.63) is 84.2 Å². The lowest BCUT2D eigenvalue weighted by Crippen LogP contribution is -2.45. The molecule has 0 radical (unpaired) electrons. The molecule has 2 heterocycles. The molecule has 2 aromatic carbocycles. The van der Waals surface area contributed by atoms with Gasteiger partial charge in [0.15, 0.2) is 0 Å². The molecule has 0 unspecified atom stereocenters. The normalized spacial score (nSPS) is 11.8. The van der Waals surface area contributed by atoms with Crippen LogP contribution >= 0.6 is 0 Å². The van der Waals surface area contributed by atoms with Gasteiger partial charge in [-0.25, -0.2) is 9.48 Å². The van der Waals surface area contributed by atoms with E-state index in [2.05, 4.69) is 34.5 Å². The lowest BCUT2D eigenvalue weighted by Gasteiger charge is -2.31. The summed E-state index contributed by atoms with van der Waals surface area (Å²) in [7, 11) is 0. The highest BCUT2D eigenvalue weighted by Crippen LogP contribution is 2.29. The maximum absolute atomic E-state index is 14.0. The molecule has 4 aromatic rings. The lowest BCUT2D eigenvalue weighted by atomic mass is 10.0. The third-order valence-corrected chi connectivity index (χ3v) is 6.16. The Balaban J connectivity index is 1.75. The maximum Gasteiger partial charge on any atom is 0.338 e. The predicted molar refractivity (Wildman–Crippen MR) is 147 cm³/mol. The van der Waals surface area contributed by atoms with Gasteiger partial charge in [-0.05, 0) is 61.7 Å². The standard InChI is InChI=1S/C29H32N6O4/c1-4-39-29(38)21-11-13-23(14-12-21)35(26(36)19-34-25-10-6-5-9-24(25)32-33-34)27(22-8-7-16-30-18-22)28(37)31-17-15-20(2)3/h5-14,16,18,20,27H,4,15,17,19H2,1-3H3,(H,31,37)/t27-/m1/s1. The SMILES string of the molecule is CCOC(=O)c1ccc(N(C(=O)Cn2nnc3ccccc32)[C@@H](C(=O)NCCC(C)C)c2cccnc2)cc1. The van der Waals surface area contributed by atoms with E-state index in [1.807, 2.05) is 24.3 Å². The van der Waals surface area contributed by atoms with E-state index < -0.39 is 12.0 Å². The summed E-state index contributed by atoms with van der Waals surface area (Å²) >= 11 is 0. The number of anilines is 1. The molecule has 1 atom stereocenters. The zero-order chi connectivity index (χ0) is 27.8. The van der Waals surface area contributed by atoms with Gasteiger partial charge in [0.25, 0.3) is 0 Å². The molecule has 0 aliphatic carbocycles. The van der Waals surface area contributed by atoms with Crippen LogP contribution in [0.2, 0.25) is 0 Å². The van der Waals surface area contributed by atoms with Crippen molar-refractivity contribution < 1.29 is 19.1 Å². The Morgan fingerprint density at radius 1 is 1.03 bits per heavy atom. The molecule has 0 aliphatic heterocycles. The summed E-state index contributed by atoms with van der Waals surface area (Å²) in [6.45, 7) is 6.44. The molecule has 4 rings (SSSR count). The van der Waals surface area contributed by atoms with Crippen molar-refractivity contribution in [1.29, 1.82) is 0 Å². The van der Waals surface area contributed by atoms with Crippen LogP contribution in [0.5, 0.6) is 0 Å². The first-order valence-corrected chi connectivity index (χ1v) is 12.9. The van der Waals surface area contributed by atoms with Crippen LogP contribution in [0, 0.1) is 5.92 Å². The quantitative estimate of drug-likeness (QED) is 0.293. The van der Waals surface area contributed by atoms with E-state index in [1.54, 1.807) is 55.7 Å². The van der Waals surface area contributed by atoms with E-state index in [-0.39, 0.29) is 25.0 Å². The van der Waals surface area contributed by atoms with Crippen molar-refractivity contribution in [2.75, 3.05) is 18.1 Å². The molecule has 202 valence electrons. The van der Waals surface area contributed by atoms with Crippen LogP contribution in [0.3, 0.4) is 0 Å². The zero-order valence-corrected chi connectivity index (χ0v) is 22.3. The Morgan fingerprint density at radius 2 is 1.79 bits per heavy atom. The van der Waals surface area contributed by atoms with Gasteiger partial charge in [-0.2, -0.15) is 0 Å². The molecule has 0 spiro atoms. The molecular weight excluding hydrogens is 496 g/mol. The number of benzene rings is 2. The van der Waals surface area contributed by atoms with E-state index in [9.17, 15) is 14.4 Å². The van der Waals surface area contributed by atoms with Crippen molar-refractivity contribution in [1.82, 2.24) is 25.3 Å². The van der Waals surface area contributed by atoms with E-state index in [1.165, 1.54) is 9.58 Å². The molecule has 0 fully saturated rings. The van der Waals surface area contributed by atoms with E-state index in [4.69, 9.17) is 4.74 Å². The number of amides is 2. The smallest absolute Gasteiger partial charge is 0.338 e. The van der Waals surface area contributed by atoms with E-state index >= 15 is 0 Å². The third kappa shape index (κ3) is 6.64. The molecule has 0 saturated carbocycles. The first-order chi connectivity index (χ1) is 18.9. The van der Waals surface area contributed by atoms with E-state index in [0.29, 0.717) is 40.3 Å². The lowest BCUT2D eigenvalue weighted by molar-refractivity contribution is -0.127. The average molecular weight is 529 g/mol. The Labute approximate surface area is 227 Å². The summed E-state index contributed by atoms with van der Waals surface area (Å²) in [4.78, 5) is 45.6. The largest absolute Gasteiger partial charge is 0.462 e. The number of ether oxygens (including phenoxy) is 1. The van der Waals surface area contributed by atoms with Crippen LogP contribution in [-0.4, -0.2) is 50.9 Å². The topological polar surface area (TPSA) is 119 Å². The Morgan fingerprint density at radius 3 is 2.49 bits per heavy atom. The fourth-order valence-electron chi connectivity index (χ4n) is 4.18. The van der Waals surface area contributed by atoms with Crippen LogP contribution in [0.4, 0.5) is 5.69 Å². The fourth-order valence-corrected chi connectivity index (χ4v) is 4.18. The number of fused-ring (bicyclic) bond motifs is 1. The first kappa shape index (κ1) is 27.4. The molecule has 10 heteroatoms. The fraction of sp³-hybridized carbons (Fsp3) is 0.310. The molecule has 2 aromatic heterocycles. The van der Waals surface area contributed by atoms with E-state index in [0.717, 1.165) is 6.42 Å². The van der Waals surface area contributed by atoms with Gasteiger partial charge in [-0.3, -0.25) is 19.5 Å². The number of nitrogens with one attached hydrogen (secondary N) is 1. The van der Waals surface area contributed by atoms with Crippen LogP contribution in [-0.2, 0) is 20.9 Å². The van der Waals surface area contributed by atoms with Gasteiger partial charge >= 0.3 is 5.97 Å². The number of nitrogens with zero attached hydrogens (tertiary/aromatic N) is 5. The maximum atomic E-state index is 14.0. The number of para-hydroxylation sites is 1. The highest BCUT2D eigenvalue weighted by molar-refractivity contribution is 6.02. The highest BCUT2D eigenvalue weighted by atomic mass is 16.5. The number of carbonyl (C=O) groups is 3. The molecule has 0 aliphatic rings. The number of carbonyl (C=O) groups excluding carboxylic acids is 3.